The summed E-state index contributed by atoms with van der Waals surface area (Å²) in [6, 6.07) is 12.0. The van der Waals surface area contributed by atoms with Crippen LogP contribution in [-0.2, 0) is 0 Å². The molecule has 3 rings (SSSR count). The number of halogens is 1. The number of nitriles is 1. The van der Waals surface area contributed by atoms with Crippen LogP contribution in [0.1, 0.15) is 23.2 Å². The number of Topliss-reactive ketones (excluding diaryl/α,β-unsaturated/α-hetero) is 1. The molecule has 1 aromatic heterocycles. The smallest absolute Gasteiger partial charge is 0.230 e. The summed E-state index contributed by atoms with van der Waals surface area (Å²) in [6.07, 6.45) is 5.31. The third-order valence-corrected chi connectivity index (χ3v) is 4.11. The van der Waals surface area contributed by atoms with Gasteiger partial charge in [0.25, 0.3) is 0 Å². The fourth-order valence-electron chi connectivity index (χ4n) is 2.60. The summed E-state index contributed by atoms with van der Waals surface area (Å²) in [4.78, 5) is 18.9. The molecule has 0 bridgehead atoms. The number of benzene rings is 1. The maximum absolute atomic E-state index is 12.8. The van der Waals surface area contributed by atoms with Crippen molar-refractivity contribution in [2.24, 2.45) is 0 Å². The highest BCUT2D eigenvalue weighted by molar-refractivity contribution is 6.30. The molecular formula is C19H16ClN3O2. The number of aromatic nitrogens is 1. The highest BCUT2D eigenvalue weighted by Gasteiger charge is 2.20. The van der Waals surface area contributed by atoms with E-state index < -0.39 is 5.78 Å². The van der Waals surface area contributed by atoms with Gasteiger partial charge in [0.1, 0.15) is 17.4 Å². The quantitative estimate of drug-likeness (QED) is 0.457. The van der Waals surface area contributed by atoms with Gasteiger partial charge in [0.2, 0.25) is 11.7 Å². The average Bonchev–Trinajstić information content (AvgIpc) is 3.15. The summed E-state index contributed by atoms with van der Waals surface area (Å²) in [5, 5.41) is 9.98. The van der Waals surface area contributed by atoms with Gasteiger partial charge in [-0.25, -0.2) is 4.98 Å². The van der Waals surface area contributed by atoms with Crippen molar-refractivity contribution in [2.75, 3.05) is 13.1 Å². The summed E-state index contributed by atoms with van der Waals surface area (Å²) in [5.74, 6) is 0.281. The molecule has 0 amide bonds. The Kier molecular flexibility index (Phi) is 5.32. The van der Waals surface area contributed by atoms with E-state index in [1.165, 1.54) is 6.20 Å². The molecule has 1 aliphatic heterocycles. The number of rotatable bonds is 5. The second kappa shape index (κ2) is 7.82. The number of hydrogen-bond donors (Lipinski definition) is 0. The molecule has 2 heterocycles. The molecule has 1 saturated heterocycles. The van der Waals surface area contributed by atoms with E-state index in [-0.39, 0.29) is 17.0 Å². The molecule has 1 aromatic carbocycles. The van der Waals surface area contributed by atoms with Crippen LogP contribution in [-0.4, -0.2) is 28.8 Å². The standard InChI is InChI=1S/C19H16ClN3O2/c20-15-5-7-16(8-6-15)25-19-17(4-3-9-22-19)18(24)14(12-21)13-23-10-1-2-11-23/h3-9,13H,1-2,10-11H2/b14-13+. The summed E-state index contributed by atoms with van der Waals surface area (Å²) < 4.78 is 5.71. The van der Waals surface area contributed by atoms with Crippen LogP contribution >= 0.6 is 11.6 Å². The van der Waals surface area contributed by atoms with Crippen molar-refractivity contribution >= 4 is 17.4 Å². The zero-order valence-electron chi connectivity index (χ0n) is 13.5. The monoisotopic (exact) mass is 353 g/mol. The van der Waals surface area contributed by atoms with Gasteiger partial charge in [0.05, 0.1) is 5.56 Å². The number of carbonyl (C=O) groups is 1. The number of carbonyl (C=O) groups excluding carboxylic acids is 1. The van der Waals surface area contributed by atoms with Gasteiger partial charge in [-0.1, -0.05) is 11.6 Å². The van der Waals surface area contributed by atoms with E-state index in [9.17, 15) is 10.1 Å². The van der Waals surface area contributed by atoms with E-state index in [1.54, 1.807) is 42.6 Å². The highest BCUT2D eigenvalue weighted by Crippen LogP contribution is 2.26. The minimum atomic E-state index is -0.397. The number of hydrogen-bond acceptors (Lipinski definition) is 5. The first-order valence-corrected chi connectivity index (χ1v) is 8.34. The van der Waals surface area contributed by atoms with Gasteiger partial charge in [-0.15, -0.1) is 0 Å². The normalized spacial score (nSPS) is 14.2. The van der Waals surface area contributed by atoms with Crippen LogP contribution in [0.3, 0.4) is 0 Å². The summed E-state index contributed by atoms with van der Waals surface area (Å²) in [6.45, 7) is 1.72. The first-order chi connectivity index (χ1) is 12.2. The van der Waals surface area contributed by atoms with E-state index in [4.69, 9.17) is 16.3 Å². The number of allylic oxidation sites excluding steroid dienone is 1. The zero-order chi connectivity index (χ0) is 17.6. The lowest BCUT2D eigenvalue weighted by molar-refractivity contribution is 0.103. The van der Waals surface area contributed by atoms with E-state index in [1.807, 2.05) is 11.0 Å². The predicted molar refractivity (Wildman–Crippen MR) is 94.6 cm³/mol. The zero-order valence-corrected chi connectivity index (χ0v) is 14.2. The molecule has 0 aliphatic carbocycles. The van der Waals surface area contributed by atoms with E-state index in [2.05, 4.69) is 4.98 Å². The first kappa shape index (κ1) is 17.0. The Balaban J connectivity index is 1.87. The number of ether oxygens (including phenoxy) is 1. The van der Waals surface area contributed by atoms with Crippen LogP contribution < -0.4 is 4.74 Å². The molecule has 2 aromatic rings. The molecule has 5 nitrogen and oxygen atoms in total. The largest absolute Gasteiger partial charge is 0.438 e. The Morgan fingerprint density at radius 1 is 1.24 bits per heavy atom. The van der Waals surface area contributed by atoms with Crippen LogP contribution in [0, 0.1) is 11.3 Å². The fourth-order valence-corrected chi connectivity index (χ4v) is 2.72. The molecule has 0 spiro atoms. The predicted octanol–water partition coefficient (Wildman–Crippen LogP) is 4.21. The Hall–Kier alpha value is -2.84. The van der Waals surface area contributed by atoms with Crippen molar-refractivity contribution in [1.29, 1.82) is 5.26 Å². The van der Waals surface area contributed by atoms with Gasteiger partial charge in [0.15, 0.2) is 0 Å². The molecule has 6 heteroatoms. The van der Waals surface area contributed by atoms with Gasteiger partial charge < -0.3 is 9.64 Å². The number of ketones is 1. The van der Waals surface area contributed by atoms with Gasteiger partial charge in [-0.3, -0.25) is 4.79 Å². The summed E-state index contributed by atoms with van der Waals surface area (Å²) in [7, 11) is 0. The second-order valence-electron chi connectivity index (χ2n) is 5.64. The number of likely N-dealkylation sites (tertiary alicyclic amines) is 1. The van der Waals surface area contributed by atoms with Crippen LogP contribution in [0.15, 0.2) is 54.4 Å². The van der Waals surface area contributed by atoms with Crippen molar-refractivity contribution in [3.63, 3.8) is 0 Å². The van der Waals surface area contributed by atoms with Crippen LogP contribution in [0.5, 0.6) is 11.6 Å². The molecule has 0 unspecified atom stereocenters. The fraction of sp³-hybridized carbons (Fsp3) is 0.211. The number of nitrogens with zero attached hydrogens (tertiary/aromatic N) is 3. The lowest BCUT2D eigenvalue weighted by Gasteiger charge is -2.12. The Labute approximate surface area is 151 Å². The van der Waals surface area contributed by atoms with Gasteiger partial charge in [-0.2, -0.15) is 5.26 Å². The minimum Gasteiger partial charge on any atom is -0.438 e. The molecule has 126 valence electrons. The molecular weight excluding hydrogens is 338 g/mol. The topological polar surface area (TPSA) is 66.2 Å². The lowest BCUT2D eigenvalue weighted by Crippen LogP contribution is -2.15. The van der Waals surface area contributed by atoms with Crippen molar-refractivity contribution in [3.8, 4) is 17.7 Å². The van der Waals surface area contributed by atoms with Crippen molar-refractivity contribution in [3.05, 3.63) is 65.0 Å². The molecule has 25 heavy (non-hydrogen) atoms. The van der Waals surface area contributed by atoms with Crippen molar-refractivity contribution < 1.29 is 9.53 Å². The van der Waals surface area contributed by atoms with Crippen LogP contribution in [0.2, 0.25) is 5.02 Å². The molecule has 0 saturated carbocycles. The molecule has 0 N–H and O–H groups in total. The molecule has 1 aliphatic rings. The Morgan fingerprint density at radius 3 is 2.64 bits per heavy atom. The lowest BCUT2D eigenvalue weighted by atomic mass is 10.1. The van der Waals surface area contributed by atoms with E-state index in [0.717, 1.165) is 25.9 Å². The molecule has 1 fully saturated rings. The summed E-state index contributed by atoms with van der Waals surface area (Å²) >= 11 is 5.86. The number of pyridine rings is 1. The minimum absolute atomic E-state index is 0.0795. The van der Waals surface area contributed by atoms with Gasteiger partial charge >= 0.3 is 0 Å². The third kappa shape index (κ3) is 4.17. The third-order valence-electron chi connectivity index (χ3n) is 3.86. The maximum atomic E-state index is 12.8. The summed E-state index contributed by atoms with van der Waals surface area (Å²) in [5.41, 5.74) is 0.334. The van der Waals surface area contributed by atoms with Crippen molar-refractivity contribution in [2.45, 2.75) is 12.8 Å². The first-order valence-electron chi connectivity index (χ1n) is 7.96. The highest BCUT2D eigenvalue weighted by atomic mass is 35.5. The van der Waals surface area contributed by atoms with Gasteiger partial charge in [-0.05, 0) is 49.2 Å². The van der Waals surface area contributed by atoms with Gasteiger partial charge in [0, 0.05) is 30.5 Å². The van der Waals surface area contributed by atoms with E-state index >= 15 is 0 Å². The van der Waals surface area contributed by atoms with Crippen LogP contribution in [0.25, 0.3) is 0 Å². The maximum Gasteiger partial charge on any atom is 0.230 e. The SMILES string of the molecule is N#C/C(=C\N1CCCC1)C(=O)c1cccnc1Oc1ccc(Cl)cc1. The van der Waals surface area contributed by atoms with Crippen molar-refractivity contribution in [1.82, 2.24) is 9.88 Å². The Bertz CT molecular complexity index is 834. The van der Waals surface area contributed by atoms with Crippen LogP contribution in [0.4, 0.5) is 0 Å². The molecule has 0 radical (unpaired) electrons. The second-order valence-corrected chi connectivity index (χ2v) is 6.08. The van der Waals surface area contributed by atoms with E-state index in [0.29, 0.717) is 10.8 Å². The Morgan fingerprint density at radius 2 is 1.96 bits per heavy atom. The average molecular weight is 354 g/mol. The molecule has 0 atom stereocenters.